The molecule has 1 aliphatic heterocycles. The summed E-state index contributed by atoms with van der Waals surface area (Å²) < 4.78 is 11.9. The molecule has 1 N–H and O–H groups in total. The van der Waals surface area contributed by atoms with Gasteiger partial charge in [-0.2, -0.15) is 0 Å². The van der Waals surface area contributed by atoms with Crippen molar-refractivity contribution in [1.29, 1.82) is 0 Å². The van der Waals surface area contributed by atoms with Gasteiger partial charge in [-0.25, -0.2) is 4.39 Å². The number of nitrogens with one attached hydrogen (secondary N) is 1. The van der Waals surface area contributed by atoms with Crippen molar-refractivity contribution in [3.8, 4) is 0 Å². The summed E-state index contributed by atoms with van der Waals surface area (Å²) in [6.07, 6.45) is -0.882. The third-order valence-corrected chi connectivity index (χ3v) is 0.928. The Bertz CT molecular complexity index is 93.7. The summed E-state index contributed by atoms with van der Waals surface area (Å²) in [6, 6.07) is 0. The second kappa shape index (κ2) is 1.48. The van der Waals surface area contributed by atoms with Gasteiger partial charge < -0.3 is 5.32 Å². The number of hydrogen-bond donors (Lipinski definition) is 1. The number of carbonyl (C=O) groups excluding carboxylic acids is 1. The van der Waals surface area contributed by atoms with E-state index in [2.05, 4.69) is 5.32 Å². The Balaban J connectivity index is 2.40. The minimum Gasteiger partial charge on any atom is -0.353 e. The molecule has 7 heavy (non-hydrogen) atoms. The molecule has 1 amide bonds. The average Bonchev–Trinajstić information content (AvgIpc) is 1.87. The van der Waals surface area contributed by atoms with Crippen LogP contribution in [-0.2, 0) is 4.79 Å². The predicted molar refractivity (Wildman–Crippen MR) is 22.5 cm³/mol. The standard InChI is InChI=1S/C4H6FNO/c5-3-1-4(7)6-2-3/h3H,1-2H2,(H,6,7)/t3-/m1/s1. The lowest BCUT2D eigenvalue weighted by molar-refractivity contribution is -0.119. The van der Waals surface area contributed by atoms with Crippen LogP contribution < -0.4 is 5.32 Å². The van der Waals surface area contributed by atoms with Crippen LogP contribution >= 0.6 is 0 Å². The fraction of sp³-hybridized carbons (Fsp3) is 0.750. The van der Waals surface area contributed by atoms with E-state index >= 15 is 0 Å². The van der Waals surface area contributed by atoms with Gasteiger partial charge >= 0.3 is 0 Å². The molecule has 0 aliphatic carbocycles. The number of amides is 1. The third kappa shape index (κ3) is 0.885. The largest absolute Gasteiger partial charge is 0.353 e. The molecule has 1 atom stereocenters. The van der Waals surface area contributed by atoms with Gasteiger partial charge in [0, 0.05) is 6.54 Å². The van der Waals surface area contributed by atoms with Gasteiger partial charge in [-0.3, -0.25) is 4.79 Å². The number of carbonyl (C=O) groups is 1. The van der Waals surface area contributed by atoms with Gasteiger partial charge in [0.25, 0.3) is 0 Å². The fourth-order valence-corrected chi connectivity index (χ4v) is 0.570. The van der Waals surface area contributed by atoms with E-state index < -0.39 is 6.17 Å². The topological polar surface area (TPSA) is 29.1 Å². The van der Waals surface area contributed by atoms with Crippen LogP contribution in [0.4, 0.5) is 4.39 Å². The van der Waals surface area contributed by atoms with Gasteiger partial charge in [0.15, 0.2) is 0 Å². The highest BCUT2D eigenvalue weighted by molar-refractivity contribution is 5.78. The van der Waals surface area contributed by atoms with Crippen LogP contribution in [0.5, 0.6) is 0 Å². The maximum absolute atomic E-state index is 11.9. The molecule has 2 nitrogen and oxygen atoms in total. The zero-order valence-corrected chi connectivity index (χ0v) is 3.78. The summed E-state index contributed by atoms with van der Waals surface area (Å²) in [5.74, 6) is -0.174. The highest BCUT2D eigenvalue weighted by atomic mass is 19.1. The molecule has 1 heterocycles. The Morgan fingerprint density at radius 3 is 2.71 bits per heavy atom. The molecule has 0 saturated carbocycles. The average molecular weight is 103 g/mol. The number of alkyl halides is 1. The summed E-state index contributed by atoms with van der Waals surface area (Å²) in [6.45, 7) is 0.207. The van der Waals surface area contributed by atoms with Crippen LogP contribution in [0.15, 0.2) is 0 Å². The van der Waals surface area contributed by atoms with Crippen molar-refractivity contribution in [2.45, 2.75) is 12.6 Å². The second-order valence-corrected chi connectivity index (χ2v) is 1.61. The monoisotopic (exact) mass is 103 g/mol. The van der Waals surface area contributed by atoms with E-state index in [0.29, 0.717) is 0 Å². The Kier molecular flexibility index (Phi) is 0.964. The highest BCUT2D eigenvalue weighted by Crippen LogP contribution is 2.01. The number of rotatable bonds is 0. The maximum atomic E-state index is 11.9. The van der Waals surface area contributed by atoms with Gasteiger partial charge in [-0.1, -0.05) is 0 Å². The fourth-order valence-electron chi connectivity index (χ4n) is 0.570. The normalized spacial score (nSPS) is 30.4. The molecule has 0 bridgehead atoms. The first-order chi connectivity index (χ1) is 3.29. The molecular weight excluding hydrogens is 97.0 g/mol. The van der Waals surface area contributed by atoms with Gasteiger partial charge in [-0.05, 0) is 0 Å². The zero-order chi connectivity index (χ0) is 5.28. The lowest BCUT2D eigenvalue weighted by Gasteiger charge is -1.84. The van der Waals surface area contributed by atoms with Crippen LogP contribution in [0, 0.1) is 0 Å². The SMILES string of the molecule is O=C1C[C@@H](F)CN1. The van der Waals surface area contributed by atoms with Crippen molar-refractivity contribution >= 4 is 5.91 Å². The Hall–Kier alpha value is -0.600. The number of halogens is 1. The summed E-state index contributed by atoms with van der Waals surface area (Å²) in [7, 11) is 0. The van der Waals surface area contributed by atoms with Crippen molar-refractivity contribution in [2.75, 3.05) is 6.54 Å². The molecule has 0 aromatic heterocycles. The van der Waals surface area contributed by atoms with E-state index in [1.54, 1.807) is 0 Å². The summed E-state index contributed by atoms with van der Waals surface area (Å²) in [5.41, 5.74) is 0. The summed E-state index contributed by atoms with van der Waals surface area (Å²) in [4.78, 5) is 10.1. The first-order valence-electron chi connectivity index (χ1n) is 2.20. The molecule has 1 rings (SSSR count). The van der Waals surface area contributed by atoms with Crippen LogP contribution in [0.3, 0.4) is 0 Å². The lowest BCUT2D eigenvalue weighted by Crippen LogP contribution is -2.13. The molecule has 1 fully saturated rings. The zero-order valence-electron chi connectivity index (χ0n) is 3.78. The van der Waals surface area contributed by atoms with Crippen molar-refractivity contribution < 1.29 is 9.18 Å². The quantitative estimate of drug-likeness (QED) is 0.453. The van der Waals surface area contributed by atoms with Gasteiger partial charge in [0.05, 0.1) is 6.42 Å². The summed E-state index contributed by atoms with van der Waals surface area (Å²) in [5, 5.41) is 2.36. The van der Waals surface area contributed by atoms with Crippen molar-refractivity contribution in [3.63, 3.8) is 0 Å². The lowest BCUT2D eigenvalue weighted by atomic mass is 10.3. The van der Waals surface area contributed by atoms with E-state index in [-0.39, 0.29) is 18.9 Å². The van der Waals surface area contributed by atoms with Gasteiger partial charge in [-0.15, -0.1) is 0 Å². The molecule has 0 unspecified atom stereocenters. The smallest absolute Gasteiger partial charge is 0.223 e. The molecule has 1 saturated heterocycles. The minimum atomic E-state index is -0.938. The van der Waals surface area contributed by atoms with E-state index in [1.807, 2.05) is 0 Å². The molecule has 1 aliphatic rings. The molecule has 0 spiro atoms. The van der Waals surface area contributed by atoms with Gasteiger partial charge in [0.2, 0.25) is 5.91 Å². The predicted octanol–water partition coefficient (Wildman–Crippen LogP) is -0.156. The van der Waals surface area contributed by atoms with Crippen LogP contribution in [0.2, 0.25) is 0 Å². The second-order valence-electron chi connectivity index (χ2n) is 1.61. The van der Waals surface area contributed by atoms with Crippen LogP contribution in [-0.4, -0.2) is 18.6 Å². The molecule has 0 radical (unpaired) electrons. The van der Waals surface area contributed by atoms with E-state index in [9.17, 15) is 9.18 Å². The first kappa shape index (κ1) is 4.56. The Morgan fingerprint density at radius 2 is 2.57 bits per heavy atom. The summed E-state index contributed by atoms with van der Waals surface area (Å²) >= 11 is 0. The molecule has 0 aromatic carbocycles. The Morgan fingerprint density at radius 1 is 1.86 bits per heavy atom. The molecular formula is C4H6FNO. The van der Waals surface area contributed by atoms with E-state index in [0.717, 1.165) is 0 Å². The van der Waals surface area contributed by atoms with Crippen LogP contribution in [0.1, 0.15) is 6.42 Å². The van der Waals surface area contributed by atoms with E-state index in [4.69, 9.17) is 0 Å². The first-order valence-corrected chi connectivity index (χ1v) is 2.20. The van der Waals surface area contributed by atoms with E-state index in [1.165, 1.54) is 0 Å². The van der Waals surface area contributed by atoms with Crippen molar-refractivity contribution in [3.05, 3.63) is 0 Å². The maximum Gasteiger partial charge on any atom is 0.223 e. The number of hydrogen-bond acceptors (Lipinski definition) is 1. The Labute approximate surface area is 40.7 Å². The molecule has 40 valence electrons. The minimum absolute atomic E-state index is 0.0556. The highest BCUT2D eigenvalue weighted by Gasteiger charge is 2.19. The van der Waals surface area contributed by atoms with Gasteiger partial charge in [0.1, 0.15) is 6.17 Å². The van der Waals surface area contributed by atoms with Crippen molar-refractivity contribution in [2.24, 2.45) is 0 Å². The molecule has 0 aromatic rings. The third-order valence-electron chi connectivity index (χ3n) is 0.928. The molecule has 3 heteroatoms. The van der Waals surface area contributed by atoms with Crippen LogP contribution in [0.25, 0.3) is 0 Å². The van der Waals surface area contributed by atoms with Crippen molar-refractivity contribution in [1.82, 2.24) is 5.32 Å².